The van der Waals surface area contributed by atoms with E-state index >= 15 is 0 Å². The first-order valence-corrected chi connectivity index (χ1v) is 9.89. The monoisotopic (exact) mass is 362 g/mol. The van der Waals surface area contributed by atoms with E-state index in [1.54, 1.807) is 13.0 Å². The van der Waals surface area contributed by atoms with E-state index in [9.17, 15) is 24.9 Å². The summed E-state index contributed by atoms with van der Waals surface area (Å²) in [6.45, 7) is 5.60. The maximum Gasteiger partial charge on any atom is 0.165 e. The van der Waals surface area contributed by atoms with Crippen molar-refractivity contribution in [2.24, 2.45) is 28.6 Å². The Labute approximate surface area is 154 Å². The molecule has 3 fully saturated rings. The maximum atomic E-state index is 13.0. The lowest BCUT2D eigenvalue weighted by molar-refractivity contribution is -0.214. The first kappa shape index (κ1) is 18.3. The second kappa shape index (κ2) is 5.49. The van der Waals surface area contributed by atoms with Gasteiger partial charge in [0, 0.05) is 29.6 Å². The summed E-state index contributed by atoms with van der Waals surface area (Å²) in [5, 5.41) is 32.2. The Bertz CT molecular complexity index is 699. The summed E-state index contributed by atoms with van der Waals surface area (Å²) in [7, 11) is 0. The molecule has 8 atom stereocenters. The zero-order chi connectivity index (χ0) is 19.1. The Hall–Kier alpha value is -1.04. The number of hydrogen-bond acceptors (Lipinski definition) is 5. The fourth-order valence-electron chi connectivity index (χ4n) is 7.20. The minimum atomic E-state index is -1.47. The summed E-state index contributed by atoms with van der Waals surface area (Å²) in [5.74, 6) is -0.279. The van der Waals surface area contributed by atoms with Gasteiger partial charge in [0.05, 0.1) is 12.2 Å². The molecule has 0 aliphatic heterocycles. The fraction of sp³-hybridized carbons (Fsp3) is 0.810. The molecule has 4 rings (SSSR count). The second-order valence-corrected chi connectivity index (χ2v) is 9.68. The second-order valence-electron chi connectivity index (χ2n) is 9.68. The largest absolute Gasteiger partial charge is 0.393 e. The Balaban J connectivity index is 1.75. The summed E-state index contributed by atoms with van der Waals surface area (Å²) in [4.78, 5) is 25.2. The molecule has 0 saturated heterocycles. The summed E-state index contributed by atoms with van der Waals surface area (Å²) < 4.78 is 0. The van der Waals surface area contributed by atoms with Gasteiger partial charge >= 0.3 is 0 Å². The lowest BCUT2D eigenvalue weighted by atomic mass is 9.42. The van der Waals surface area contributed by atoms with Crippen molar-refractivity contribution in [3.05, 3.63) is 11.6 Å². The molecule has 0 aromatic heterocycles. The van der Waals surface area contributed by atoms with Crippen LogP contribution in [0.2, 0.25) is 0 Å². The SMILES string of the molecule is CC(=O)C1=CC(O)[C@H]2[C@@H]3CC(=O)C4(O)CC(O)CC[C@]4(C)[C@H]3CC[C@]12C. The molecule has 0 bridgehead atoms. The predicted octanol–water partition coefficient (Wildman–Crippen LogP) is 1.78. The number of aliphatic hydroxyl groups is 3. The molecule has 0 spiro atoms. The van der Waals surface area contributed by atoms with Crippen molar-refractivity contribution in [3.8, 4) is 0 Å². The zero-order valence-electron chi connectivity index (χ0n) is 15.9. The van der Waals surface area contributed by atoms with E-state index in [4.69, 9.17) is 0 Å². The molecule has 0 amide bonds. The van der Waals surface area contributed by atoms with Gasteiger partial charge in [0.15, 0.2) is 11.6 Å². The fourth-order valence-corrected chi connectivity index (χ4v) is 7.20. The van der Waals surface area contributed by atoms with E-state index < -0.39 is 28.6 Å². The molecule has 0 aromatic carbocycles. The number of aliphatic hydroxyl groups excluding tert-OH is 2. The third kappa shape index (κ3) is 2.08. The molecular formula is C21H30O5. The number of allylic oxidation sites excluding steroid dienone is 1. The molecule has 4 aliphatic rings. The molecule has 3 unspecified atom stereocenters. The lowest BCUT2D eigenvalue weighted by Gasteiger charge is -2.62. The van der Waals surface area contributed by atoms with Crippen LogP contribution in [0, 0.1) is 28.6 Å². The van der Waals surface area contributed by atoms with E-state index in [-0.39, 0.29) is 42.2 Å². The number of rotatable bonds is 1. The highest BCUT2D eigenvalue weighted by Crippen LogP contribution is 2.66. The van der Waals surface area contributed by atoms with Gasteiger partial charge in [-0.3, -0.25) is 9.59 Å². The molecule has 0 radical (unpaired) electrons. The van der Waals surface area contributed by atoms with Crippen LogP contribution >= 0.6 is 0 Å². The van der Waals surface area contributed by atoms with Crippen molar-refractivity contribution in [1.82, 2.24) is 0 Å². The quantitative estimate of drug-likeness (QED) is 0.661. The molecule has 144 valence electrons. The van der Waals surface area contributed by atoms with Gasteiger partial charge in [-0.1, -0.05) is 13.8 Å². The lowest BCUT2D eigenvalue weighted by Crippen LogP contribution is -2.67. The molecule has 5 nitrogen and oxygen atoms in total. The minimum Gasteiger partial charge on any atom is -0.393 e. The van der Waals surface area contributed by atoms with Gasteiger partial charge in [0.25, 0.3) is 0 Å². The summed E-state index contributed by atoms with van der Waals surface area (Å²) >= 11 is 0. The van der Waals surface area contributed by atoms with E-state index in [0.717, 1.165) is 12.8 Å². The van der Waals surface area contributed by atoms with Crippen LogP contribution in [0.4, 0.5) is 0 Å². The number of hydrogen-bond donors (Lipinski definition) is 3. The standard InChI is InChI=1S/C21H30O5/c1-11(22)15-9-16(24)18-13-8-17(25)21(26)10-12(23)4-7-20(21,3)14(13)5-6-19(15,18)2/h9,12-14,16,18,23-24,26H,4-8,10H2,1-3H3/t12?,13-,14+,16?,18-,19-,20-,21?/m1/s1. The summed E-state index contributed by atoms with van der Waals surface area (Å²) in [6.07, 6.45) is 3.51. The number of carbonyl (C=O) groups is 2. The van der Waals surface area contributed by atoms with Crippen LogP contribution in [-0.4, -0.2) is 44.7 Å². The zero-order valence-corrected chi connectivity index (χ0v) is 15.9. The first-order chi connectivity index (χ1) is 12.0. The Morgan fingerprint density at radius 3 is 2.54 bits per heavy atom. The molecule has 0 heterocycles. The first-order valence-electron chi connectivity index (χ1n) is 9.89. The predicted molar refractivity (Wildman–Crippen MR) is 95.1 cm³/mol. The maximum absolute atomic E-state index is 13.0. The third-order valence-corrected chi connectivity index (χ3v) is 8.56. The Morgan fingerprint density at radius 1 is 1.19 bits per heavy atom. The van der Waals surface area contributed by atoms with Crippen molar-refractivity contribution < 1.29 is 24.9 Å². The van der Waals surface area contributed by atoms with Crippen molar-refractivity contribution in [1.29, 1.82) is 0 Å². The van der Waals surface area contributed by atoms with Gasteiger partial charge in [-0.2, -0.15) is 0 Å². The highest BCUT2D eigenvalue weighted by Gasteiger charge is 2.68. The van der Waals surface area contributed by atoms with Gasteiger partial charge in [-0.05, 0) is 56.1 Å². The summed E-state index contributed by atoms with van der Waals surface area (Å²) in [5.41, 5.74) is -1.75. The molecule has 5 heteroatoms. The third-order valence-electron chi connectivity index (χ3n) is 8.56. The van der Waals surface area contributed by atoms with Gasteiger partial charge in [0.2, 0.25) is 0 Å². The summed E-state index contributed by atoms with van der Waals surface area (Å²) in [6, 6.07) is 0. The average Bonchev–Trinajstić information content (AvgIpc) is 2.82. The highest BCUT2D eigenvalue weighted by atomic mass is 16.3. The number of ketones is 2. The van der Waals surface area contributed by atoms with Crippen molar-refractivity contribution >= 4 is 11.6 Å². The van der Waals surface area contributed by atoms with Gasteiger partial charge in [-0.25, -0.2) is 0 Å². The van der Waals surface area contributed by atoms with Crippen LogP contribution in [0.25, 0.3) is 0 Å². The Morgan fingerprint density at radius 2 is 1.88 bits per heavy atom. The van der Waals surface area contributed by atoms with Crippen LogP contribution in [0.1, 0.15) is 59.3 Å². The number of carbonyl (C=O) groups excluding carboxylic acids is 2. The van der Waals surface area contributed by atoms with E-state index in [1.807, 2.05) is 6.92 Å². The molecule has 3 N–H and O–H groups in total. The molecule has 3 saturated carbocycles. The van der Waals surface area contributed by atoms with Gasteiger partial charge < -0.3 is 15.3 Å². The van der Waals surface area contributed by atoms with Crippen molar-refractivity contribution in [2.75, 3.05) is 0 Å². The normalized spacial score (nSPS) is 53.4. The molecule has 0 aromatic rings. The Kier molecular flexibility index (Phi) is 3.87. The molecule has 4 aliphatic carbocycles. The average molecular weight is 362 g/mol. The number of fused-ring (bicyclic) bond motifs is 5. The highest BCUT2D eigenvalue weighted by molar-refractivity contribution is 5.95. The smallest absolute Gasteiger partial charge is 0.165 e. The van der Waals surface area contributed by atoms with Gasteiger partial charge in [0.1, 0.15) is 5.60 Å². The topological polar surface area (TPSA) is 94.8 Å². The van der Waals surface area contributed by atoms with Crippen LogP contribution in [-0.2, 0) is 9.59 Å². The van der Waals surface area contributed by atoms with E-state index in [2.05, 4.69) is 6.92 Å². The van der Waals surface area contributed by atoms with Crippen LogP contribution < -0.4 is 0 Å². The van der Waals surface area contributed by atoms with Crippen LogP contribution in [0.5, 0.6) is 0 Å². The van der Waals surface area contributed by atoms with Crippen LogP contribution in [0.3, 0.4) is 0 Å². The number of Topliss-reactive ketones (excluding diaryl/α,β-unsaturated/α-hetero) is 2. The van der Waals surface area contributed by atoms with Crippen molar-refractivity contribution in [3.63, 3.8) is 0 Å². The van der Waals surface area contributed by atoms with Crippen molar-refractivity contribution in [2.45, 2.75) is 77.1 Å². The van der Waals surface area contributed by atoms with E-state index in [1.165, 1.54) is 0 Å². The van der Waals surface area contributed by atoms with E-state index in [0.29, 0.717) is 18.4 Å². The molecule has 26 heavy (non-hydrogen) atoms. The van der Waals surface area contributed by atoms with Gasteiger partial charge in [-0.15, -0.1) is 0 Å². The minimum absolute atomic E-state index is 0.00172. The molecular weight excluding hydrogens is 332 g/mol. The van der Waals surface area contributed by atoms with Crippen LogP contribution in [0.15, 0.2) is 11.6 Å².